The lowest BCUT2D eigenvalue weighted by molar-refractivity contribution is 0.615. The van der Waals surface area contributed by atoms with Crippen LogP contribution in [0.5, 0.6) is 0 Å². The normalized spacial score (nSPS) is 9.88. The van der Waals surface area contributed by atoms with Crippen molar-refractivity contribution in [3.05, 3.63) is 51.7 Å². The Balaban J connectivity index is 2.64. The molecule has 1 aromatic carbocycles. The average molecular weight is 230 g/mol. The third-order valence-electron chi connectivity index (χ3n) is 2.12. The molecule has 86 valence electrons. The summed E-state index contributed by atoms with van der Waals surface area (Å²) in [5, 5.41) is 11.8. The van der Waals surface area contributed by atoms with Crippen LogP contribution in [0.2, 0.25) is 0 Å². The minimum atomic E-state index is -0.372. The quantitative estimate of drug-likeness (QED) is 0.329. The van der Waals surface area contributed by atoms with Crippen molar-refractivity contribution in [1.29, 1.82) is 5.26 Å². The molecule has 5 heteroatoms. The monoisotopic (exact) mass is 230 g/mol. The number of nitrogens with zero attached hydrogens (tertiary/aromatic N) is 4. The first-order valence-electron chi connectivity index (χ1n) is 5.10. The van der Waals surface area contributed by atoms with Gasteiger partial charge in [0.1, 0.15) is 5.82 Å². The van der Waals surface area contributed by atoms with E-state index in [0.717, 1.165) is 5.56 Å². The van der Waals surface area contributed by atoms with E-state index in [1.165, 1.54) is 6.07 Å². The Kier molecular flexibility index (Phi) is 5.29. The van der Waals surface area contributed by atoms with Crippen LogP contribution in [-0.2, 0) is 6.42 Å². The van der Waals surface area contributed by atoms with Crippen molar-refractivity contribution in [2.75, 3.05) is 6.54 Å². The number of nitriles is 1. The molecule has 0 spiro atoms. The molecule has 0 aliphatic carbocycles. The molecule has 0 heterocycles. The van der Waals surface area contributed by atoms with Crippen molar-refractivity contribution in [2.24, 2.45) is 5.11 Å². The predicted octanol–water partition coefficient (Wildman–Crippen LogP) is 3.61. The highest BCUT2D eigenvalue weighted by atomic mass is 19.1. The molecule has 4 nitrogen and oxygen atoms in total. The first kappa shape index (κ1) is 12.8. The smallest absolute Gasteiger partial charge is 0.128 e. The van der Waals surface area contributed by atoms with Crippen molar-refractivity contribution >= 4 is 6.08 Å². The molecule has 0 radical (unpaired) electrons. The molecule has 1 aromatic rings. The fourth-order valence-corrected chi connectivity index (χ4v) is 1.29. The summed E-state index contributed by atoms with van der Waals surface area (Å²) in [6.07, 6.45) is 4.26. The van der Waals surface area contributed by atoms with Crippen LogP contribution in [0.25, 0.3) is 16.5 Å². The van der Waals surface area contributed by atoms with Crippen LogP contribution in [-0.4, -0.2) is 6.54 Å². The van der Waals surface area contributed by atoms with Gasteiger partial charge in [-0.2, -0.15) is 5.26 Å². The van der Waals surface area contributed by atoms with Gasteiger partial charge < -0.3 is 0 Å². The third kappa shape index (κ3) is 4.37. The van der Waals surface area contributed by atoms with E-state index in [0.29, 0.717) is 18.5 Å². The maximum Gasteiger partial charge on any atom is 0.128 e. The minimum Gasteiger partial charge on any atom is -0.207 e. The maximum atomic E-state index is 13.4. The van der Waals surface area contributed by atoms with Gasteiger partial charge >= 0.3 is 0 Å². The number of halogens is 1. The summed E-state index contributed by atoms with van der Waals surface area (Å²) in [6, 6.07) is 6.64. The summed E-state index contributed by atoms with van der Waals surface area (Å²) in [6.45, 7) is 0.391. The second kappa shape index (κ2) is 7.04. The molecule has 0 atom stereocenters. The molecule has 17 heavy (non-hydrogen) atoms. The lowest BCUT2D eigenvalue weighted by Crippen LogP contribution is -1.88. The van der Waals surface area contributed by atoms with E-state index in [1.54, 1.807) is 18.2 Å². The van der Waals surface area contributed by atoms with Gasteiger partial charge in [-0.1, -0.05) is 29.4 Å². The maximum absolute atomic E-state index is 13.4. The molecule has 0 unspecified atom stereocenters. The number of benzene rings is 1. The molecule has 0 aliphatic rings. The van der Waals surface area contributed by atoms with Crippen LogP contribution >= 0.6 is 0 Å². The molecule has 1 rings (SSSR count). The first-order valence-corrected chi connectivity index (χ1v) is 5.10. The Bertz CT molecular complexity index is 496. The lowest BCUT2D eigenvalue weighted by Gasteiger charge is -1.99. The van der Waals surface area contributed by atoms with E-state index >= 15 is 0 Å². The van der Waals surface area contributed by atoms with Crippen molar-refractivity contribution in [3.63, 3.8) is 0 Å². The Hall–Kier alpha value is -2.31. The summed E-state index contributed by atoms with van der Waals surface area (Å²) < 4.78 is 13.4. The fourth-order valence-electron chi connectivity index (χ4n) is 1.29. The van der Waals surface area contributed by atoms with E-state index in [9.17, 15) is 4.39 Å². The van der Waals surface area contributed by atoms with E-state index in [4.69, 9.17) is 10.8 Å². The summed E-state index contributed by atoms with van der Waals surface area (Å²) >= 11 is 0. The van der Waals surface area contributed by atoms with Crippen LogP contribution in [0, 0.1) is 17.1 Å². The van der Waals surface area contributed by atoms with Gasteiger partial charge in [-0.25, -0.2) is 4.39 Å². The van der Waals surface area contributed by atoms with Crippen molar-refractivity contribution in [2.45, 2.75) is 12.8 Å². The van der Waals surface area contributed by atoms with Crippen LogP contribution in [0.3, 0.4) is 0 Å². The molecule has 0 saturated heterocycles. The van der Waals surface area contributed by atoms with Gasteiger partial charge in [-0.05, 0) is 23.6 Å². The highest BCUT2D eigenvalue weighted by Gasteiger charge is 2.01. The Morgan fingerprint density at radius 3 is 3.00 bits per heavy atom. The average Bonchev–Trinajstić information content (AvgIpc) is 2.32. The van der Waals surface area contributed by atoms with E-state index < -0.39 is 0 Å². The van der Waals surface area contributed by atoms with Crippen LogP contribution < -0.4 is 0 Å². The molecule has 0 aromatic heterocycles. The standard InChI is InChI=1S/C12H11FN4/c13-12-9-10(3-1-2-8-16-17-15)4-5-11(12)6-7-14/h1,3-5,9H,2,6,8H2. The van der Waals surface area contributed by atoms with Gasteiger partial charge in [-0.15, -0.1) is 0 Å². The second-order valence-electron chi connectivity index (χ2n) is 3.33. The molecule has 0 amide bonds. The summed E-state index contributed by atoms with van der Waals surface area (Å²) in [5.74, 6) is -0.372. The number of hydrogen-bond acceptors (Lipinski definition) is 2. The van der Waals surface area contributed by atoms with Crippen molar-refractivity contribution < 1.29 is 4.39 Å². The van der Waals surface area contributed by atoms with Gasteiger partial charge in [0.15, 0.2) is 0 Å². The van der Waals surface area contributed by atoms with E-state index in [-0.39, 0.29) is 12.2 Å². The minimum absolute atomic E-state index is 0.0761. The van der Waals surface area contributed by atoms with Crippen molar-refractivity contribution in [3.8, 4) is 6.07 Å². The van der Waals surface area contributed by atoms with Gasteiger partial charge in [0.25, 0.3) is 0 Å². The SMILES string of the molecule is N#CCc1ccc(C=CCCN=[N+]=[N-])cc1F. The van der Waals surface area contributed by atoms with Crippen LogP contribution in [0.15, 0.2) is 29.4 Å². The molecular formula is C12H11FN4. The Labute approximate surface area is 98.6 Å². The molecule has 0 N–H and O–H groups in total. The second-order valence-corrected chi connectivity index (χ2v) is 3.33. The zero-order valence-electron chi connectivity index (χ0n) is 9.17. The fraction of sp³-hybridized carbons (Fsp3) is 0.250. The molecule has 0 fully saturated rings. The Morgan fingerprint density at radius 1 is 1.53 bits per heavy atom. The van der Waals surface area contributed by atoms with Crippen LogP contribution in [0.1, 0.15) is 17.5 Å². The lowest BCUT2D eigenvalue weighted by atomic mass is 10.1. The summed E-state index contributed by atoms with van der Waals surface area (Å²) in [4.78, 5) is 2.63. The predicted molar refractivity (Wildman–Crippen MR) is 63.4 cm³/mol. The number of hydrogen-bond donors (Lipinski definition) is 0. The van der Waals surface area contributed by atoms with Gasteiger partial charge in [0.2, 0.25) is 0 Å². The number of azide groups is 1. The third-order valence-corrected chi connectivity index (χ3v) is 2.12. The highest BCUT2D eigenvalue weighted by molar-refractivity contribution is 5.50. The zero-order valence-corrected chi connectivity index (χ0v) is 9.17. The zero-order chi connectivity index (χ0) is 12.5. The van der Waals surface area contributed by atoms with Gasteiger partial charge in [0, 0.05) is 17.0 Å². The Morgan fingerprint density at radius 2 is 2.35 bits per heavy atom. The molecule has 0 aliphatic heterocycles. The molecule has 0 bridgehead atoms. The van der Waals surface area contributed by atoms with Gasteiger partial charge in [-0.3, -0.25) is 0 Å². The topological polar surface area (TPSA) is 72.5 Å². The largest absolute Gasteiger partial charge is 0.207 e. The van der Waals surface area contributed by atoms with E-state index in [1.807, 2.05) is 12.1 Å². The van der Waals surface area contributed by atoms with E-state index in [2.05, 4.69) is 10.0 Å². The molecule has 0 saturated carbocycles. The van der Waals surface area contributed by atoms with Gasteiger partial charge in [0.05, 0.1) is 12.5 Å². The highest BCUT2D eigenvalue weighted by Crippen LogP contribution is 2.12. The number of rotatable bonds is 5. The summed E-state index contributed by atoms with van der Waals surface area (Å²) in [7, 11) is 0. The summed E-state index contributed by atoms with van der Waals surface area (Å²) in [5.41, 5.74) is 9.19. The van der Waals surface area contributed by atoms with Crippen molar-refractivity contribution in [1.82, 2.24) is 0 Å². The van der Waals surface area contributed by atoms with Crippen LogP contribution in [0.4, 0.5) is 4.39 Å². The molecular weight excluding hydrogens is 219 g/mol. The first-order chi connectivity index (χ1) is 8.27.